The van der Waals surface area contributed by atoms with Gasteiger partial charge in [-0.15, -0.1) is 0 Å². The van der Waals surface area contributed by atoms with E-state index in [4.69, 9.17) is 10.2 Å². The van der Waals surface area contributed by atoms with Gasteiger partial charge in [0.25, 0.3) is 0 Å². The normalized spacial score (nSPS) is 8.64. The first-order valence-electron chi connectivity index (χ1n) is 9.09. The lowest BCUT2D eigenvalue weighted by Crippen LogP contribution is -1.66. The number of hydrogen-bond donors (Lipinski definition) is 2. The summed E-state index contributed by atoms with van der Waals surface area (Å²) in [5, 5.41) is 17.5. The fourth-order valence-electron chi connectivity index (χ4n) is 1.86. The lowest BCUT2D eigenvalue weighted by Gasteiger charge is -1.89. The highest BCUT2D eigenvalue weighted by Crippen LogP contribution is 2.08. The van der Waals surface area contributed by atoms with Gasteiger partial charge in [0.15, 0.2) is 0 Å². The number of phenols is 2. The largest absolute Gasteiger partial charge is 0.508 e. The predicted octanol–water partition coefficient (Wildman–Crippen LogP) is 6.77. The van der Waals surface area contributed by atoms with E-state index in [2.05, 4.69) is 0 Å². The van der Waals surface area contributed by atoms with Crippen LogP contribution in [0.15, 0.2) is 121 Å². The molecule has 28 heavy (non-hydrogen) atoms. The second-order valence-corrected chi connectivity index (χ2v) is 5.98. The quantitative estimate of drug-likeness (QED) is 0.357. The predicted molar refractivity (Wildman–Crippen MR) is 119 cm³/mol. The molecule has 0 saturated carbocycles. The van der Waals surface area contributed by atoms with Gasteiger partial charge in [0.2, 0.25) is 0 Å². The van der Waals surface area contributed by atoms with Crippen molar-refractivity contribution in [1.82, 2.24) is 0 Å². The minimum atomic E-state index is 0.329. The van der Waals surface area contributed by atoms with Crippen LogP contribution in [0.1, 0.15) is 11.1 Å². The zero-order valence-electron chi connectivity index (χ0n) is 16.4. The SMILES string of the molecule is Cc1ccc(O)cc1.Cc1ccc(O)cc1.c1ccccc1.c1ccccc1. The van der Waals surface area contributed by atoms with E-state index in [0.29, 0.717) is 11.5 Å². The highest BCUT2D eigenvalue weighted by molar-refractivity contribution is 5.25. The molecule has 2 heteroatoms. The summed E-state index contributed by atoms with van der Waals surface area (Å²) in [6.45, 7) is 3.97. The first kappa shape index (κ1) is 22.5. The highest BCUT2D eigenvalue weighted by Gasteiger charge is 1.82. The van der Waals surface area contributed by atoms with Crippen LogP contribution in [-0.4, -0.2) is 10.2 Å². The molecule has 0 fully saturated rings. The molecule has 2 nitrogen and oxygen atoms in total. The van der Waals surface area contributed by atoms with Crippen molar-refractivity contribution >= 4 is 0 Å². The lowest BCUT2D eigenvalue weighted by molar-refractivity contribution is 0.474. The van der Waals surface area contributed by atoms with Crippen molar-refractivity contribution in [2.75, 3.05) is 0 Å². The summed E-state index contributed by atoms with van der Waals surface area (Å²) in [6, 6.07) is 38.2. The fraction of sp³-hybridized carbons (Fsp3) is 0.0769. The molecule has 0 aliphatic heterocycles. The molecular formula is C26H28O2. The minimum Gasteiger partial charge on any atom is -0.508 e. The van der Waals surface area contributed by atoms with Crippen LogP contribution in [0.2, 0.25) is 0 Å². The molecular weight excluding hydrogens is 344 g/mol. The molecule has 0 unspecified atom stereocenters. The minimum absolute atomic E-state index is 0.329. The van der Waals surface area contributed by atoms with E-state index in [-0.39, 0.29) is 0 Å². The topological polar surface area (TPSA) is 40.5 Å². The number of rotatable bonds is 0. The van der Waals surface area contributed by atoms with E-state index in [1.807, 2.05) is 111 Å². The van der Waals surface area contributed by atoms with Gasteiger partial charge in [0, 0.05) is 0 Å². The summed E-state index contributed by atoms with van der Waals surface area (Å²) in [7, 11) is 0. The van der Waals surface area contributed by atoms with Gasteiger partial charge >= 0.3 is 0 Å². The van der Waals surface area contributed by atoms with Crippen molar-refractivity contribution in [3.05, 3.63) is 132 Å². The summed E-state index contributed by atoms with van der Waals surface area (Å²) in [5.41, 5.74) is 2.34. The maximum absolute atomic E-state index is 8.76. The molecule has 0 aromatic heterocycles. The standard InChI is InChI=1S/2C7H8O.2C6H6/c2*1-6-2-4-7(8)5-3-6;2*1-2-4-6-5-3-1/h2*2-5,8H,1H3;2*1-6H. The Bertz CT molecular complexity index is 654. The number of aromatic hydroxyl groups is 2. The molecule has 144 valence electrons. The summed E-state index contributed by atoms with van der Waals surface area (Å²) >= 11 is 0. The fourth-order valence-corrected chi connectivity index (χ4v) is 1.86. The summed E-state index contributed by atoms with van der Waals surface area (Å²) in [4.78, 5) is 0. The Labute approximate surface area is 168 Å². The Morgan fingerprint density at radius 1 is 0.357 bits per heavy atom. The van der Waals surface area contributed by atoms with Crippen LogP contribution in [-0.2, 0) is 0 Å². The van der Waals surface area contributed by atoms with Crippen LogP contribution in [0.4, 0.5) is 0 Å². The van der Waals surface area contributed by atoms with Crippen molar-refractivity contribution in [3.8, 4) is 11.5 Å². The maximum atomic E-state index is 8.76. The van der Waals surface area contributed by atoms with Gasteiger partial charge in [0.1, 0.15) is 11.5 Å². The average Bonchev–Trinajstić information content (AvgIpc) is 2.76. The van der Waals surface area contributed by atoms with Crippen molar-refractivity contribution in [3.63, 3.8) is 0 Å². The third-order valence-electron chi connectivity index (χ3n) is 3.40. The van der Waals surface area contributed by atoms with Gasteiger partial charge in [-0.25, -0.2) is 0 Å². The van der Waals surface area contributed by atoms with Gasteiger partial charge in [-0.3, -0.25) is 0 Å². The van der Waals surface area contributed by atoms with E-state index in [1.54, 1.807) is 24.3 Å². The number of hydrogen-bond acceptors (Lipinski definition) is 2. The van der Waals surface area contributed by atoms with Gasteiger partial charge in [-0.05, 0) is 38.1 Å². The van der Waals surface area contributed by atoms with E-state index in [9.17, 15) is 0 Å². The van der Waals surface area contributed by atoms with Crippen LogP contribution in [0.3, 0.4) is 0 Å². The third-order valence-corrected chi connectivity index (χ3v) is 3.40. The maximum Gasteiger partial charge on any atom is 0.115 e. The third kappa shape index (κ3) is 12.8. The van der Waals surface area contributed by atoms with Crippen LogP contribution in [0.5, 0.6) is 11.5 Å². The molecule has 0 atom stereocenters. The zero-order valence-corrected chi connectivity index (χ0v) is 16.4. The molecule has 0 bridgehead atoms. The van der Waals surface area contributed by atoms with Crippen molar-refractivity contribution in [1.29, 1.82) is 0 Å². The number of phenolic OH excluding ortho intramolecular Hbond substituents is 2. The van der Waals surface area contributed by atoms with E-state index >= 15 is 0 Å². The molecule has 0 radical (unpaired) electrons. The number of benzene rings is 4. The molecule has 4 aromatic carbocycles. The Hall–Kier alpha value is -3.52. The second kappa shape index (κ2) is 14.6. The molecule has 4 rings (SSSR count). The molecule has 4 aromatic rings. The summed E-state index contributed by atoms with van der Waals surface area (Å²) in [5.74, 6) is 0.659. The average molecular weight is 373 g/mol. The molecule has 0 spiro atoms. The molecule has 0 aliphatic rings. The molecule has 0 amide bonds. The summed E-state index contributed by atoms with van der Waals surface area (Å²) in [6.07, 6.45) is 0. The molecule has 0 aliphatic carbocycles. The Balaban J connectivity index is 0.000000188. The van der Waals surface area contributed by atoms with Crippen molar-refractivity contribution < 1.29 is 10.2 Å². The van der Waals surface area contributed by atoms with Crippen LogP contribution in [0.25, 0.3) is 0 Å². The van der Waals surface area contributed by atoms with E-state index in [1.165, 1.54) is 11.1 Å². The van der Waals surface area contributed by atoms with Crippen molar-refractivity contribution in [2.45, 2.75) is 13.8 Å². The number of aryl methyl sites for hydroxylation is 2. The zero-order chi connectivity index (χ0) is 20.5. The van der Waals surface area contributed by atoms with Crippen LogP contribution >= 0.6 is 0 Å². The highest BCUT2D eigenvalue weighted by atomic mass is 16.3. The van der Waals surface area contributed by atoms with Crippen LogP contribution < -0.4 is 0 Å². The first-order valence-corrected chi connectivity index (χ1v) is 9.09. The monoisotopic (exact) mass is 372 g/mol. The Morgan fingerprint density at radius 3 is 0.679 bits per heavy atom. The molecule has 0 saturated heterocycles. The van der Waals surface area contributed by atoms with Gasteiger partial charge in [0.05, 0.1) is 0 Å². The molecule has 0 heterocycles. The van der Waals surface area contributed by atoms with E-state index < -0.39 is 0 Å². The second-order valence-electron chi connectivity index (χ2n) is 5.98. The van der Waals surface area contributed by atoms with Gasteiger partial charge < -0.3 is 10.2 Å². The molecule has 2 N–H and O–H groups in total. The lowest BCUT2D eigenvalue weighted by atomic mass is 10.2. The van der Waals surface area contributed by atoms with E-state index in [0.717, 1.165) is 0 Å². The summed E-state index contributed by atoms with van der Waals surface area (Å²) < 4.78 is 0. The Morgan fingerprint density at radius 2 is 0.536 bits per heavy atom. The first-order chi connectivity index (χ1) is 13.6. The van der Waals surface area contributed by atoms with Gasteiger partial charge in [-0.1, -0.05) is 108 Å². The smallest absolute Gasteiger partial charge is 0.115 e. The van der Waals surface area contributed by atoms with Gasteiger partial charge in [-0.2, -0.15) is 0 Å². The van der Waals surface area contributed by atoms with Crippen molar-refractivity contribution in [2.24, 2.45) is 0 Å². The van der Waals surface area contributed by atoms with Crippen LogP contribution in [0, 0.1) is 13.8 Å². The Kier molecular flexibility index (Phi) is 11.8.